The molecule has 3 rings (SSSR count). The van der Waals surface area contributed by atoms with E-state index in [-0.39, 0.29) is 6.10 Å². The molecule has 1 aliphatic rings. The fraction of sp³-hybridized carbons (Fsp3) is 0.353. The van der Waals surface area contributed by atoms with E-state index in [0.29, 0.717) is 6.04 Å². The first-order valence-corrected chi connectivity index (χ1v) is 7.21. The van der Waals surface area contributed by atoms with E-state index in [9.17, 15) is 0 Å². The van der Waals surface area contributed by atoms with Crippen LogP contribution < -0.4 is 10.1 Å². The van der Waals surface area contributed by atoms with E-state index in [1.54, 1.807) is 6.20 Å². The molecule has 1 unspecified atom stereocenters. The lowest BCUT2D eigenvalue weighted by Gasteiger charge is -2.17. The minimum atomic E-state index is 0.0401. The van der Waals surface area contributed by atoms with Gasteiger partial charge in [0.05, 0.1) is 0 Å². The van der Waals surface area contributed by atoms with Crippen molar-refractivity contribution in [2.24, 2.45) is 0 Å². The van der Waals surface area contributed by atoms with Crippen molar-refractivity contribution < 1.29 is 4.74 Å². The number of hydrogen-bond acceptors (Lipinski definition) is 3. The van der Waals surface area contributed by atoms with Crippen LogP contribution in [-0.2, 0) is 6.54 Å². The molecule has 1 heterocycles. The van der Waals surface area contributed by atoms with Crippen molar-refractivity contribution in [2.45, 2.75) is 38.5 Å². The number of benzene rings is 1. The molecule has 1 N–H and O–H groups in total. The zero-order chi connectivity index (χ0) is 13.8. The fourth-order valence-corrected chi connectivity index (χ4v) is 2.19. The fourth-order valence-electron chi connectivity index (χ4n) is 2.19. The van der Waals surface area contributed by atoms with Gasteiger partial charge in [0.1, 0.15) is 11.9 Å². The molecule has 1 aromatic heterocycles. The van der Waals surface area contributed by atoms with Gasteiger partial charge in [-0.05, 0) is 31.4 Å². The van der Waals surface area contributed by atoms with Crippen LogP contribution in [0.25, 0.3) is 0 Å². The molecule has 0 radical (unpaired) electrons. The van der Waals surface area contributed by atoms with Crippen LogP contribution in [0.3, 0.4) is 0 Å². The number of hydrogen-bond donors (Lipinski definition) is 1. The van der Waals surface area contributed by atoms with E-state index in [4.69, 9.17) is 4.74 Å². The van der Waals surface area contributed by atoms with E-state index in [2.05, 4.69) is 29.4 Å². The van der Waals surface area contributed by atoms with E-state index < -0.39 is 0 Å². The summed E-state index contributed by atoms with van der Waals surface area (Å²) in [5.74, 6) is 0.921. The lowest BCUT2D eigenvalue weighted by molar-refractivity contribution is 0.224. The van der Waals surface area contributed by atoms with Gasteiger partial charge in [0, 0.05) is 30.5 Å². The molecule has 20 heavy (non-hydrogen) atoms. The van der Waals surface area contributed by atoms with Gasteiger partial charge in [0.2, 0.25) is 0 Å². The summed E-state index contributed by atoms with van der Waals surface area (Å²) >= 11 is 0. The van der Waals surface area contributed by atoms with Crippen molar-refractivity contribution >= 4 is 0 Å². The van der Waals surface area contributed by atoms with Crippen molar-refractivity contribution in [3.05, 3.63) is 59.9 Å². The molecule has 0 spiro atoms. The van der Waals surface area contributed by atoms with Gasteiger partial charge in [0.25, 0.3) is 0 Å². The summed E-state index contributed by atoms with van der Waals surface area (Å²) in [6, 6.07) is 12.9. The Hall–Kier alpha value is -1.87. The largest absolute Gasteiger partial charge is 0.486 e. The number of nitrogens with one attached hydrogen (secondary N) is 1. The summed E-state index contributed by atoms with van der Waals surface area (Å²) < 4.78 is 6.10. The Morgan fingerprint density at radius 1 is 1.25 bits per heavy atom. The third-order valence-corrected chi connectivity index (χ3v) is 3.59. The molecule has 3 heteroatoms. The maximum Gasteiger partial charge on any atom is 0.127 e. The molecule has 1 aromatic carbocycles. The highest BCUT2D eigenvalue weighted by Gasteiger charge is 2.21. The van der Waals surface area contributed by atoms with Gasteiger partial charge in [-0.15, -0.1) is 0 Å². The van der Waals surface area contributed by atoms with Crippen LogP contribution in [0.1, 0.15) is 37.0 Å². The van der Waals surface area contributed by atoms with Gasteiger partial charge in [-0.2, -0.15) is 0 Å². The maximum atomic E-state index is 6.10. The molecule has 0 amide bonds. The Morgan fingerprint density at radius 3 is 2.80 bits per heavy atom. The molecule has 0 aliphatic heterocycles. The summed E-state index contributed by atoms with van der Waals surface area (Å²) in [6.45, 7) is 2.91. The van der Waals surface area contributed by atoms with Gasteiger partial charge >= 0.3 is 0 Å². The lowest BCUT2D eigenvalue weighted by atomic mass is 10.1. The highest BCUT2D eigenvalue weighted by molar-refractivity contribution is 5.31. The third-order valence-electron chi connectivity index (χ3n) is 3.59. The average Bonchev–Trinajstić information content (AvgIpc) is 3.31. The quantitative estimate of drug-likeness (QED) is 0.871. The van der Waals surface area contributed by atoms with Crippen molar-refractivity contribution in [1.29, 1.82) is 0 Å². The third kappa shape index (κ3) is 3.36. The molecule has 3 nitrogen and oxygen atoms in total. The van der Waals surface area contributed by atoms with Gasteiger partial charge in [-0.1, -0.05) is 30.3 Å². The van der Waals surface area contributed by atoms with Crippen LogP contribution in [0.15, 0.2) is 48.8 Å². The van der Waals surface area contributed by atoms with Crippen LogP contribution in [0, 0.1) is 0 Å². The van der Waals surface area contributed by atoms with Crippen molar-refractivity contribution in [3.8, 4) is 5.75 Å². The van der Waals surface area contributed by atoms with Crippen LogP contribution in [0.5, 0.6) is 5.75 Å². The highest BCUT2D eigenvalue weighted by atomic mass is 16.5. The normalized spacial score (nSPS) is 15.8. The van der Waals surface area contributed by atoms with Crippen LogP contribution in [0.2, 0.25) is 0 Å². The van der Waals surface area contributed by atoms with E-state index >= 15 is 0 Å². The monoisotopic (exact) mass is 268 g/mol. The minimum Gasteiger partial charge on any atom is -0.486 e. The smallest absolute Gasteiger partial charge is 0.127 e. The minimum absolute atomic E-state index is 0.0401. The zero-order valence-electron chi connectivity index (χ0n) is 11.8. The first-order chi connectivity index (χ1) is 9.83. The van der Waals surface area contributed by atoms with Crippen LogP contribution >= 0.6 is 0 Å². The number of pyridine rings is 1. The molecule has 1 atom stereocenters. The molecule has 1 aliphatic carbocycles. The second kappa shape index (κ2) is 6.06. The number of nitrogens with zero attached hydrogens (tertiary/aromatic N) is 1. The lowest BCUT2D eigenvalue weighted by Crippen LogP contribution is -2.16. The predicted octanol–water partition coefficient (Wildman–Crippen LogP) is 3.47. The number of rotatable bonds is 6. The van der Waals surface area contributed by atoms with Crippen molar-refractivity contribution in [1.82, 2.24) is 10.3 Å². The second-order valence-electron chi connectivity index (χ2n) is 5.31. The first kappa shape index (κ1) is 13.1. The summed E-state index contributed by atoms with van der Waals surface area (Å²) in [4.78, 5) is 4.20. The Bertz CT molecular complexity index is 552. The predicted molar refractivity (Wildman–Crippen MR) is 79.6 cm³/mol. The molecule has 104 valence electrons. The molecule has 0 saturated heterocycles. The van der Waals surface area contributed by atoms with Gasteiger partial charge < -0.3 is 10.1 Å². The van der Waals surface area contributed by atoms with Gasteiger partial charge in [-0.3, -0.25) is 4.98 Å². The topological polar surface area (TPSA) is 34.1 Å². The highest BCUT2D eigenvalue weighted by Crippen LogP contribution is 2.26. The average molecular weight is 268 g/mol. The molecule has 1 fully saturated rings. The van der Waals surface area contributed by atoms with Crippen molar-refractivity contribution in [3.63, 3.8) is 0 Å². The number of aromatic nitrogens is 1. The molecular weight excluding hydrogens is 248 g/mol. The van der Waals surface area contributed by atoms with Gasteiger partial charge in [-0.25, -0.2) is 0 Å². The zero-order valence-corrected chi connectivity index (χ0v) is 11.8. The molecule has 0 bridgehead atoms. The Morgan fingerprint density at radius 2 is 2.05 bits per heavy atom. The Balaban J connectivity index is 1.69. The first-order valence-electron chi connectivity index (χ1n) is 7.21. The summed E-state index contributed by atoms with van der Waals surface area (Å²) in [7, 11) is 0. The van der Waals surface area contributed by atoms with E-state index in [1.165, 1.54) is 18.4 Å². The number of ether oxygens (including phenoxy) is 1. The maximum absolute atomic E-state index is 6.10. The van der Waals surface area contributed by atoms with Crippen LogP contribution in [-0.4, -0.2) is 11.0 Å². The summed E-state index contributed by atoms with van der Waals surface area (Å²) in [6.07, 6.45) is 6.29. The SMILES string of the molecule is CC(Oc1ccncc1CNC1CC1)c1ccccc1. The summed E-state index contributed by atoms with van der Waals surface area (Å²) in [5, 5.41) is 3.51. The van der Waals surface area contributed by atoms with Crippen LogP contribution in [0.4, 0.5) is 0 Å². The van der Waals surface area contributed by atoms with E-state index in [1.807, 2.05) is 30.5 Å². The Labute approximate surface area is 120 Å². The molecular formula is C17H20N2O. The Kier molecular flexibility index (Phi) is 3.97. The molecule has 1 saturated carbocycles. The summed E-state index contributed by atoms with van der Waals surface area (Å²) in [5.41, 5.74) is 2.31. The standard InChI is InChI=1S/C17H20N2O/c1-13(14-5-3-2-4-6-14)20-17-9-10-18-11-15(17)12-19-16-7-8-16/h2-6,9-11,13,16,19H,7-8,12H2,1H3. The molecule has 2 aromatic rings. The van der Waals surface area contributed by atoms with Gasteiger partial charge in [0.15, 0.2) is 0 Å². The second-order valence-corrected chi connectivity index (χ2v) is 5.31. The van der Waals surface area contributed by atoms with E-state index in [0.717, 1.165) is 17.9 Å². The van der Waals surface area contributed by atoms with Crippen molar-refractivity contribution in [2.75, 3.05) is 0 Å².